The van der Waals surface area contributed by atoms with Gasteiger partial charge in [0.25, 0.3) is 11.6 Å². The minimum Gasteiger partial charge on any atom is -0.339 e. The maximum absolute atomic E-state index is 12.6. The SMILES string of the molecule is CCC1CCCCN1C(=O)CS(=O)(=O)CC(=O)N=c1sc2cc([N+](=O)[O-])ccc2n1CC. The molecule has 1 unspecified atom stereocenters. The number of aromatic nitrogens is 1. The monoisotopic (exact) mass is 482 g/mol. The van der Waals surface area contributed by atoms with E-state index in [0.717, 1.165) is 37.0 Å². The van der Waals surface area contributed by atoms with Crippen molar-refractivity contribution in [3.05, 3.63) is 33.1 Å². The van der Waals surface area contributed by atoms with Crippen LogP contribution in [0.25, 0.3) is 10.2 Å². The van der Waals surface area contributed by atoms with E-state index < -0.39 is 38.1 Å². The van der Waals surface area contributed by atoms with Crippen LogP contribution >= 0.6 is 11.3 Å². The third-order valence-electron chi connectivity index (χ3n) is 5.52. The Kier molecular flexibility index (Phi) is 7.44. The minimum absolute atomic E-state index is 0.0398. The van der Waals surface area contributed by atoms with Crippen molar-refractivity contribution in [2.24, 2.45) is 4.99 Å². The molecular formula is C20H26N4O6S2. The highest BCUT2D eigenvalue weighted by molar-refractivity contribution is 7.92. The summed E-state index contributed by atoms with van der Waals surface area (Å²) < 4.78 is 27.3. The normalized spacial score (nSPS) is 17.6. The molecule has 0 saturated carbocycles. The van der Waals surface area contributed by atoms with Crippen LogP contribution in [-0.2, 0) is 26.0 Å². The van der Waals surface area contributed by atoms with Crippen LogP contribution in [-0.4, -0.2) is 58.7 Å². The minimum atomic E-state index is -3.98. The molecule has 0 radical (unpaired) electrons. The number of carbonyl (C=O) groups excluding carboxylic acids is 2. The molecule has 1 fully saturated rings. The number of nitrogens with zero attached hydrogens (tertiary/aromatic N) is 4. The van der Waals surface area contributed by atoms with E-state index in [0.29, 0.717) is 23.3 Å². The van der Waals surface area contributed by atoms with Gasteiger partial charge in [-0.25, -0.2) is 8.42 Å². The first kappa shape index (κ1) is 24.1. The van der Waals surface area contributed by atoms with Crippen LogP contribution in [0.3, 0.4) is 0 Å². The lowest BCUT2D eigenvalue weighted by Gasteiger charge is -2.35. The summed E-state index contributed by atoms with van der Waals surface area (Å²) in [6, 6.07) is 4.38. The lowest BCUT2D eigenvalue weighted by atomic mass is 10.0. The van der Waals surface area contributed by atoms with E-state index in [2.05, 4.69) is 4.99 Å². The van der Waals surface area contributed by atoms with E-state index in [1.807, 2.05) is 13.8 Å². The lowest BCUT2D eigenvalue weighted by Crippen LogP contribution is -2.46. The summed E-state index contributed by atoms with van der Waals surface area (Å²) in [6.45, 7) is 4.78. The predicted molar refractivity (Wildman–Crippen MR) is 121 cm³/mol. The molecule has 0 bridgehead atoms. The smallest absolute Gasteiger partial charge is 0.270 e. The summed E-state index contributed by atoms with van der Waals surface area (Å²) in [7, 11) is -3.98. The zero-order valence-corrected chi connectivity index (χ0v) is 19.7. The first-order chi connectivity index (χ1) is 15.1. The molecule has 2 amide bonds. The number of carbonyl (C=O) groups is 2. The molecule has 174 valence electrons. The number of benzene rings is 1. The largest absolute Gasteiger partial charge is 0.339 e. The number of non-ortho nitro benzene ring substituents is 1. The Balaban J connectivity index is 1.79. The number of amides is 2. The summed E-state index contributed by atoms with van der Waals surface area (Å²) in [4.78, 5) is 41.3. The predicted octanol–water partition coefficient (Wildman–Crippen LogP) is 2.26. The van der Waals surface area contributed by atoms with Crippen molar-refractivity contribution in [3.63, 3.8) is 0 Å². The van der Waals surface area contributed by atoms with Gasteiger partial charge in [0.05, 0.1) is 15.1 Å². The Bertz CT molecular complexity index is 1210. The number of rotatable bonds is 7. The van der Waals surface area contributed by atoms with Gasteiger partial charge in [-0.1, -0.05) is 18.3 Å². The van der Waals surface area contributed by atoms with Crippen molar-refractivity contribution in [3.8, 4) is 0 Å². The number of hydrogen-bond acceptors (Lipinski definition) is 7. The number of thiazole rings is 1. The number of fused-ring (bicyclic) bond motifs is 1. The molecule has 1 aliphatic rings. The molecule has 2 heterocycles. The van der Waals surface area contributed by atoms with E-state index in [9.17, 15) is 28.1 Å². The van der Waals surface area contributed by atoms with Gasteiger partial charge in [-0.05, 0) is 38.7 Å². The standard InChI is InChI=1S/C20H26N4O6S2/c1-3-14-7-5-6-10-23(14)19(26)13-32(29,30)12-18(25)21-20-22(4-2)16-9-8-15(24(27)28)11-17(16)31-20/h8-9,11,14H,3-7,10,12-13H2,1-2H3. The zero-order chi connectivity index (χ0) is 23.5. The van der Waals surface area contributed by atoms with Crippen molar-refractivity contribution in [2.45, 2.75) is 52.1 Å². The average molecular weight is 483 g/mol. The third-order valence-corrected chi connectivity index (χ3v) is 7.93. The molecule has 12 heteroatoms. The van der Waals surface area contributed by atoms with Crippen molar-refractivity contribution >= 4 is 48.9 Å². The van der Waals surface area contributed by atoms with Crippen molar-refractivity contribution in [2.75, 3.05) is 18.1 Å². The van der Waals surface area contributed by atoms with E-state index in [1.165, 1.54) is 12.1 Å². The topological polar surface area (TPSA) is 132 Å². The van der Waals surface area contributed by atoms with Crippen LogP contribution in [0.5, 0.6) is 0 Å². The molecule has 1 aromatic carbocycles. The molecule has 3 rings (SSSR count). The summed E-state index contributed by atoms with van der Waals surface area (Å²) >= 11 is 1.08. The Morgan fingerprint density at radius 1 is 1.25 bits per heavy atom. The number of nitro benzene ring substituents is 1. The van der Waals surface area contributed by atoms with Crippen LogP contribution < -0.4 is 4.80 Å². The summed E-state index contributed by atoms with van der Waals surface area (Å²) in [5.41, 5.74) is 0.590. The molecule has 1 aliphatic heterocycles. The first-order valence-corrected chi connectivity index (χ1v) is 13.1. The fraction of sp³-hybridized carbons (Fsp3) is 0.550. The highest BCUT2D eigenvalue weighted by Gasteiger charge is 2.29. The van der Waals surface area contributed by atoms with Gasteiger partial charge in [0.15, 0.2) is 14.6 Å². The van der Waals surface area contributed by atoms with Gasteiger partial charge in [-0.3, -0.25) is 19.7 Å². The lowest BCUT2D eigenvalue weighted by molar-refractivity contribution is -0.384. The number of piperidine rings is 1. The van der Waals surface area contributed by atoms with Crippen molar-refractivity contribution in [1.82, 2.24) is 9.47 Å². The van der Waals surface area contributed by atoms with Crippen molar-refractivity contribution < 1.29 is 22.9 Å². The van der Waals surface area contributed by atoms with E-state index in [1.54, 1.807) is 15.5 Å². The highest BCUT2D eigenvalue weighted by atomic mass is 32.2. The van der Waals surface area contributed by atoms with Crippen LogP contribution in [0.15, 0.2) is 23.2 Å². The Morgan fingerprint density at radius 3 is 2.66 bits per heavy atom. The summed E-state index contributed by atoms with van der Waals surface area (Å²) in [6.07, 6.45) is 3.48. The summed E-state index contributed by atoms with van der Waals surface area (Å²) in [5, 5.41) is 11.0. The molecule has 0 aliphatic carbocycles. The molecular weight excluding hydrogens is 456 g/mol. The average Bonchev–Trinajstić information content (AvgIpc) is 3.08. The number of aryl methyl sites for hydroxylation is 1. The Hall–Kier alpha value is -2.60. The van der Waals surface area contributed by atoms with Gasteiger partial charge in [0.2, 0.25) is 5.91 Å². The fourth-order valence-corrected chi connectivity index (χ4v) is 6.20. The van der Waals surface area contributed by atoms with Crippen LogP contribution in [0.2, 0.25) is 0 Å². The molecule has 1 aromatic heterocycles. The van der Waals surface area contributed by atoms with E-state index in [4.69, 9.17) is 0 Å². The second kappa shape index (κ2) is 9.90. The fourth-order valence-electron chi connectivity index (χ4n) is 3.97. The number of nitro groups is 1. The first-order valence-electron chi connectivity index (χ1n) is 10.5. The van der Waals surface area contributed by atoms with Gasteiger partial charge >= 0.3 is 0 Å². The Labute approximate surface area is 189 Å². The molecule has 0 N–H and O–H groups in total. The Morgan fingerprint density at radius 2 is 2.00 bits per heavy atom. The zero-order valence-electron chi connectivity index (χ0n) is 18.0. The van der Waals surface area contributed by atoms with Gasteiger partial charge < -0.3 is 9.47 Å². The van der Waals surface area contributed by atoms with E-state index in [-0.39, 0.29) is 16.5 Å². The highest BCUT2D eigenvalue weighted by Crippen LogP contribution is 2.23. The molecule has 32 heavy (non-hydrogen) atoms. The van der Waals surface area contributed by atoms with Gasteiger partial charge in [-0.15, -0.1) is 0 Å². The molecule has 1 atom stereocenters. The van der Waals surface area contributed by atoms with Crippen LogP contribution in [0, 0.1) is 10.1 Å². The number of hydrogen-bond donors (Lipinski definition) is 0. The third kappa shape index (κ3) is 5.41. The van der Waals surface area contributed by atoms with Gasteiger partial charge in [0.1, 0.15) is 11.5 Å². The molecule has 1 saturated heterocycles. The van der Waals surface area contributed by atoms with Gasteiger partial charge in [0, 0.05) is 31.3 Å². The number of sulfone groups is 1. The second-order valence-electron chi connectivity index (χ2n) is 7.72. The maximum Gasteiger partial charge on any atom is 0.270 e. The number of likely N-dealkylation sites (tertiary alicyclic amines) is 1. The van der Waals surface area contributed by atoms with Crippen molar-refractivity contribution in [1.29, 1.82) is 0 Å². The molecule has 10 nitrogen and oxygen atoms in total. The second-order valence-corrected chi connectivity index (χ2v) is 10.8. The quantitative estimate of drug-likeness (QED) is 0.439. The molecule has 0 spiro atoms. The van der Waals surface area contributed by atoms with Crippen LogP contribution in [0.1, 0.15) is 39.5 Å². The summed E-state index contributed by atoms with van der Waals surface area (Å²) in [5.74, 6) is -2.91. The maximum atomic E-state index is 12.6. The molecule has 2 aromatic rings. The van der Waals surface area contributed by atoms with E-state index >= 15 is 0 Å². The van der Waals surface area contributed by atoms with Crippen LogP contribution in [0.4, 0.5) is 5.69 Å². The van der Waals surface area contributed by atoms with Gasteiger partial charge in [-0.2, -0.15) is 4.99 Å².